The first kappa shape index (κ1) is 14.2. The van der Waals surface area contributed by atoms with E-state index >= 15 is 0 Å². The Morgan fingerprint density at radius 1 is 1.00 bits per heavy atom. The van der Waals surface area contributed by atoms with E-state index in [0.717, 1.165) is 5.56 Å². The summed E-state index contributed by atoms with van der Waals surface area (Å²) in [5.74, 6) is 5.21. The normalized spacial score (nSPS) is 11.4. The van der Waals surface area contributed by atoms with Gasteiger partial charge in [-0.3, -0.25) is 4.79 Å². The van der Waals surface area contributed by atoms with Crippen molar-refractivity contribution in [2.45, 2.75) is 6.04 Å². The lowest BCUT2D eigenvalue weighted by Crippen LogP contribution is -2.43. The molecule has 0 heterocycles. The summed E-state index contributed by atoms with van der Waals surface area (Å²) in [5.41, 5.74) is 3.79. The van der Waals surface area contributed by atoms with Crippen LogP contribution in [-0.4, -0.2) is 10.9 Å². The first-order valence-electron chi connectivity index (χ1n) is 6.13. The van der Waals surface area contributed by atoms with E-state index in [9.17, 15) is 4.79 Å². The number of thiocarbonyl (C=S) groups is 1. The highest BCUT2D eigenvalue weighted by Crippen LogP contribution is 2.18. The summed E-state index contributed by atoms with van der Waals surface area (Å²) in [6.45, 7) is 0. The molecule has 0 aliphatic rings. The van der Waals surface area contributed by atoms with Crippen molar-refractivity contribution in [3.05, 3.63) is 71.8 Å². The first-order valence-corrected chi connectivity index (χ1v) is 6.54. The molecule has 0 saturated heterocycles. The van der Waals surface area contributed by atoms with Gasteiger partial charge in [0.15, 0.2) is 10.9 Å². The molecule has 0 fully saturated rings. The Bertz CT molecular complexity index is 587. The lowest BCUT2D eigenvalue weighted by molar-refractivity contribution is 0.0952. The number of benzene rings is 2. The standard InChI is InChI=1S/C15H15N3OS/c16-18-15(20)17-13(11-7-3-1-4-8-11)14(19)12-9-5-2-6-10-12/h1-10,13H,16H2,(H2,17,18,20). The number of hydrogen-bond donors (Lipinski definition) is 3. The van der Waals surface area contributed by atoms with Gasteiger partial charge >= 0.3 is 0 Å². The molecule has 0 bridgehead atoms. The first-order chi connectivity index (χ1) is 9.72. The van der Waals surface area contributed by atoms with E-state index < -0.39 is 6.04 Å². The largest absolute Gasteiger partial charge is 0.347 e. The minimum absolute atomic E-state index is 0.0607. The average molecular weight is 285 g/mol. The Hall–Kier alpha value is -2.24. The predicted molar refractivity (Wildman–Crippen MR) is 83.0 cm³/mol. The van der Waals surface area contributed by atoms with Crippen LogP contribution in [0.5, 0.6) is 0 Å². The van der Waals surface area contributed by atoms with Crippen molar-refractivity contribution in [3.63, 3.8) is 0 Å². The molecule has 0 spiro atoms. The lowest BCUT2D eigenvalue weighted by Gasteiger charge is -2.19. The Balaban J connectivity index is 2.32. The highest BCUT2D eigenvalue weighted by atomic mass is 32.1. The number of carbonyl (C=O) groups excluding carboxylic acids is 1. The molecule has 4 N–H and O–H groups in total. The summed E-state index contributed by atoms with van der Waals surface area (Å²) in [7, 11) is 0. The molecular weight excluding hydrogens is 270 g/mol. The van der Waals surface area contributed by atoms with Gasteiger partial charge in [0.1, 0.15) is 6.04 Å². The van der Waals surface area contributed by atoms with Gasteiger partial charge in [-0.25, -0.2) is 5.84 Å². The number of nitrogens with one attached hydrogen (secondary N) is 2. The summed E-state index contributed by atoms with van der Waals surface area (Å²) in [6.07, 6.45) is 0. The van der Waals surface area contributed by atoms with E-state index in [1.807, 2.05) is 48.5 Å². The maximum atomic E-state index is 12.6. The third-order valence-corrected chi connectivity index (χ3v) is 3.10. The molecular formula is C15H15N3OS. The summed E-state index contributed by atoms with van der Waals surface area (Å²) >= 11 is 5.00. The second-order valence-corrected chi connectivity index (χ2v) is 4.60. The van der Waals surface area contributed by atoms with E-state index in [1.165, 1.54) is 0 Å². The summed E-state index contributed by atoms with van der Waals surface area (Å²) in [5, 5.41) is 3.15. The molecule has 2 aromatic rings. The van der Waals surface area contributed by atoms with Crippen LogP contribution in [0.1, 0.15) is 22.0 Å². The zero-order chi connectivity index (χ0) is 14.4. The topological polar surface area (TPSA) is 67.2 Å². The monoisotopic (exact) mass is 285 g/mol. The maximum absolute atomic E-state index is 12.6. The van der Waals surface area contributed by atoms with Crippen molar-refractivity contribution in [1.82, 2.24) is 10.7 Å². The molecule has 4 nitrogen and oxygen atoms in total. The van der Waals surface area contributed by atoms with Crippen LogP contribution in [0.25, 0.3) is 0 Å². The van der Waals surface area contributed by atoms with Crippen molar-refractivity contribution in [1.29, 1.82) is 0 Å². The number of hydrogen-bond acceptors (Lipinski definition) is 3. The lowest BCUT2D eigenvalue weighted by atomic mass is 9.97. The Morgan fingerprint density at radius 2 is 1.55 bits per heavy atom. The van der Waals surface area contributed by atoms with E-state index in [0.29, 0.717) is 5.56 Å². The van der Waals surface area contributed by atoms with Crippen LogP contribution in [0, 0.1) is 0 Å². The van der Waals surface area contributed by atoms with E-state index in [4.69, 9.17) is 18.1 Å². The van der Waals surface area contributed by atoms with Crippen molar-refractivity contribution >= 4 is 23.1 Å². The van der Waals surface area contributed by atoms with Gasteiger partial charge in [-0.05, 0) is 17.8 Å². The van der Waals surface area contributed by atoms with Gasteiger partial charge < -0.3 is 10.7 Å². The Morgan fingerprint density at radius 3 is 2.10 bits per heavy atom. The van der Waals surface area contributed by atoms with E-state index in [1.54, 1.807) is 12.1 Å². The van der Waals surface area contributed by atoms with Crippen LogP contribution in [0.3, 0.4) is 0 Å². The quantitative estimate of drug-likeness (QED) is 0.347. The third kappa shape index (κ3) is 3.40. The van der Waals surface area contributed by atoms with Crippen LogP contribution < -0.4 is 16.6 Å². The van der Waals surface area contributed by atoms with Crippen molar-refractivity contribution in [3.8, 4) is 0 Å². The van der Waals surface area contributed by atoms with Gasteiger partial charge in [0.05, 0.1) is 0 Å². The molecule has 0 aromatic heterocycles. The van der Waals surface area contributed by atoms with Crippen LogP contribution in [-0.2, 0) is 0 Å². The van der Waals surface area contributed by atoms with Crippen LogP contribution in [0.2, 0.25) is 0 Å². The minimum Gasteiger partial charge on any atom is -0.347 e. The summed E-state index contributed by atoms with van der Waals surface area (Å²) in [6, 6.07) is 17.9. The minimum atomic E-state index is -0.567. The molecule has 102 valence electrons. The zero-order valence-electron chi connectivity index (χ0n) is 10.7. The predicted octanol–water partition coefficient (Wildman–Crippen LogP) is 1.95. The fourth-order valence-electron chi connectivity index (χ4n) is 1.89. The number of carbonyl (C=O) groups is 1. The maximum Gasteiger partial charge on any atom is 0.189 e. The van der Waals surface area contributed by atoms with Gasteiger partial charge in [-0.15, -0.1) is 0 Å². The molecule has 20 heavy (non-hydrogen) atoms. The molecule has 0 saturated carbocycles. The number of Topliss-reactive ketones (excluding diaryl/α,β-unsaturated/α-hetero) is 1. The molecule has 2 rings (SSSR count). The van der Waals surface area contributed by atoms with Gasteiger partial charge in [-0.2, -0.15) is 0 Å². The highest BCUT2D eigenvalue weighted by molar-refractivity contribution is 7.80. The van der Waals surface area contributed by atoms with Crippen molar-refractivity contribution in [2.75, 3.05) is 0 Å². The molecule has 1 unspecified atom stereocenters. The molecule has 1 atom stereocenters. The number of rotatable bonds is 4. The molecule has 0 radical (unpaired) electrons. The summed E-state index contributed by atoms with van der Waals surface area (Å²) < 4.78 is 0. The van der Waals surface area contributed by atoms with Gasteiger partial charge in [0, 0.05) is 5.56 Å². The number of ketones is 1. The van der Waals surface area contributed by atoms with Crippen LogP contribution in [0.4, 0.5) is 0 Å². The Kier molecular flexibility index (Phi) is 4.81. The van der Waals surface area contributed by atoms with E-state index in [-0.39, 0.29) is 10.9 Å². The van der Waals surface area contributed by atoms with Crippen molar-refractivity contribution < 1.29 is 4.79 Å². The van der Waals surface area contributed by atoms with Crippen molar-refractivity contribution in [2.24, 2.45) is 5.84 Å². The average Bonchev–Trinajstić information content (AvgIpc) is 2.53. The SMILES string of the molecule is NNC(=S)NC(C(=O)c1ccccc1)c1ccccc1. The number of nitrogens with two attached hydrogens (primary N) is 1. The smallest absolute Gasteiger partial charge is 0.189 e. The molecule has 5 heteroatoms. The second-order valence-electron chi connectivity index (χ2n) is 4.19. The fourth-order valence-corrected chi connectivity index (χ4v) is 2.01. The zero-order valence-corrected chi connectivity index (χ0v) is 11.6. The molecule has 0 amide bonds. The molecule has 2 aromatic carbocycles. The fraction of sp³-hybridized carbons (Fsp3) is 0.0667. The number of hydrazine groups is 1. The van der Waals surface area contributed by atoms with Gasteiger partial charge in [0.2, 0.25) is 0 Å². The highest BCUT2D eigenvalue weighted by Gasteiger charge is 2.22. The molecule has 0 aliphatic carbocycles. The Labute approximate surface area is 123 Å². The van der Waals surface area contributed by atoms with Gasteiger partial charge in [0.25, 0.3) is 0 Å². The van der Waals surface area contributed by atoms with Gasteiger partial charge in [-0.1, -0.05) is 60.7 Å². The van der Waals surface area contributed by atoms with Crippen LogP contribution in [0.15, 0.2) is 60.7 Å². The van der Waals surface area contributed by atoms with Crippen LogP contribution >= 0.6 is 12.2 Å². The third-order valence-electron chi connectivity index (χ3n) is 2.86. The molecule has 0 aliphatic heterocycles. The summed E-state index contributed by atoms with van der Waals surface area (Å²) in [4.78, 5) is 12.6. The second kappa shape index (κ2) is 6.79. The van der Waals surface area contributed by atoms with E-state index in [2.05, 4.69) is 10.7 Å².